The molecule has 0 atom stereocenters. The molecule has 1 N–H and O–H groups in total. The minimum Gasteiger partial charge on any atom is -0.485 e. The van der Waals surface area contributed by atoms with E-state index >= 15 is 0 Å². The SMILES string of the molecule is O=C(Nc1ccccc1OCc1cc(=O)n2ccccc2n1)c1ccccc1Br. The molecule has 0 saturated heterocycles. The maximum Gasteiger partial charge on any atom is 0.258 e. The lowest BCUT2D eigenvalue weighted by atomic mass is 10.2. The van der Waals surface area contributed by atoms with Crippen LogP contribution in [-0.4, -0.2) is 15.3 Å². The quantitative estimate of drug-likeness (QED) is 0.493. The summed E-state index contributed by atoms with van der Waals surface area (Å²) in [5, 5.41) is 2.86. The number of ether oxygens (including phenoxy) is 1. The second-order valence-electron chi connectivity index (χ2n) is 6.23. The maximum absolute atomic E-state index is 12.6. The molecule has 7 heteroatoms. The molecular weight excluding hydrogens is 434 g/mol. The lowest BCUT2D eigenvalue weighted by molar-refractivity contribution is 0.102. The number of hydrogen-bond acceptors (Lipinski definition) is 4. The number of anilines is 1. The zero-order chi connectivity index (χ0) is 20.2. The molecule has 0 spiro atoms. The Morgan fingerprint density at radius 2 is 1.79 bits per heavy atom. The summed E-state index contributed by atoms with van der Waals surface area (Å²) in [6.45, 7) is 0.0998. The van der Waals surface area contributed by atoms with Crippen LogP contribution in [0.5, 0.6) is 5.75 Å². The van der Waals surface area contributed by atoms with Gasteiger partial charge in [0.1, 0.15) is 18.0 Å². The van der Waals surface area contributed by atoms with Crippen molar-refractivity contribution in [1.29, 1.82) is 0 Å². The molecule has 29 heavy (non-hydrogen) atoms. The van der Waals surface area contributed by atoms with Gasteiger partial charge in [-0.05, 0) is 52.3 Å². The number of amides is 1. The second kappa shape index (κ2) is 8.28. The third kappa shape index (κ3) is 4.20. The summed E-state index contributed by atoms with van der Waals surface area (Å²) >= 11 is 3.38. The van der Waals surface area contributed by atoms with Gasteiger partial charge in [-0.15, -0.1) is 0 Å². The van der Waals surface area contributed by atoms with Gasteiger partial charge >= 0.3 is 0 Å². The Balaban J connectivity index is 1.54. The van der Waals surface area contributed by atoms with Gasteiger partial charge in [0.25, 0.3) is 11.5 Å². The standard InChI is InChI=1S/C22H16BrN3O3/c23-17-8-2-1-7-16(17)22(28)25-18-9-3-4-10-19(18)29-14-15-13-21(27)26-12-6-5-11-20(26)24-15/h1-13H,14H2,(H,25,28). The van der Waals surface area contributed by atoms with Crippen molar-refractivity contribution in [1.82, 2.24) is 9.38 Å². The van der Waals surface area contributed by atoms with Crippen LogP contribution in [0.1, 0.15) is 16.1 Å². The maximum atomic E-state index is 12.6. The van der Waals surface area contributed by atoms with Crippen molar-refractivity contribution in [2.24, 2.45) is 0 Å². The fourth-order valence-electron chi connectivity index (χ4n) is 2.86. The largest absolute Gasteiger partial charge is 0.485 e. The number of fused-ring (bicyclic) bond motifs is 1. The first-order chi connectivity index (χ1) is 14.1. The highest BCUT2D eigenvalue weighted by Gasteiger charge is 2.12. The number of para-hydroxylation sites is 2. The molecule has 0 aliphatic rings. The number of nitrogens with one attached hydrogen (secondary N) is 1. The molecule has 6 nitrogen and oxygen atoms in total. The van der Waals surface area contributed by atoms with E-state index in [0.29, 0.717) is 32.8 Å². The highest BCUT2D eigenvalue weighted by atomic mass is 79.9. The minimum absolute atomic E-state index is 0.0998. The summed E-state index contributed by atoms with van der Waals surface area (Å²) in [6.07, 6.45) is 1.67. The van der Waals surface area contributed by atoms with Crippen LogP contribution >= 0.6 is 15.9 Å². The topological polar surface area (TPSA) is 72.7 Å². The van der Waals surface area contributed by atoms with E-state index in [1.807, 2.05) is 24.3 Å². The van der Waals surface area contributed by atoms with Gasteiger partial charge in [-0.2, -0.15) is 0 Å². The molecule has 0 saturated carbocycles. The molecule has 0 bridgehead atoms. The first-order valence-electron chi connectivity index (χ1n) is 8.87. The van der Waals surface area contributed by atoms with Gasteiger partial charge in [-0.3, -0.25) is 14.0 Å². The molecule has 2 aromatic heterocycles. The van der Waals surface area contributed by atoms with E-state index in [1.54, 1.807) is 48.7 Å². The Morgan fingerprint density at radius 1 is 1.03 bits per heavy atom. The smallest absolute Gasteiger partial charge is 0.258 e. The number of hydrogen-bond donors (Lipinski definition) is 1. The number of rotatable bonds is 5. The van der Waals surface area contributed by atoms with Crippen molar-refractivity contribution < 1.29 is 9.53 Å². The van der Waals surface area contributed by atoms with Gasteiger partial charge in [0.2, 0.25) is 0 Å². The van der Waals surface area contributed by atoms with Crippen LogP contribution in [0.4, 0.5) is 5.69 Å². The fourth-order valence-corrected chi connectivity index (χ4v) is 3.32. The van der Waals surface area contributed by atoms with Gasteiger partial charge in [0.15, 0.2) is 0 Å². The third-order valence-electron chi connectivity index (χ3n) is 4.25. The highest BCUT2D eigenvalue weighted by Crippen LogP contribution is 2.26. The monoisotopic (exact) mass is 449 g/mol. The number of benzene rings is 2. The van der Waals surface area contributed by atoms with Crippen LogP contribution in [0.15, 0.2) is 88.3 Å². The molecule has 144 valence electrons. The third-order valence-corrected chi connectivity index (χ3v) is 4.94. The Kier molecular flexibility index (Phi) is 5.39. The average Bonchev–Trinajstić information content (AvgIpc) is 2.73. The second-order valence-corrected chi connectivity index (χ2v) is 7.09. The number of nitrogens with zero attached hydrogens (tertiary/aromatic N) is 2. The molecular formula is C22H16BrN3O3. The van der Waals surface area contributed by atoms with Gasteiger partial charge in [0, 0.05) is 16.7 Å². The van der Waals surface area contributed by atoms with E-state index in [1.165, 1.54) is 10.5 Å². The Labute approximate surface area is 174 Å². The lowest BCUT2D eigenvalue weighted by Crippen LogP contribution is -2.16. The predicted octanol–water partition coefficient (Wildman–Crippen LogP) is 4.29. The van der Waals surface area contributed by atoms with Crippen LogP contribution in [0, 0.1) is 0 Å². The summed E-state index contributed by atoms with van der Waals surface area (Å²) in [5.74, 6) is 0.235. The van der Waals surface area contributed by atoms with Gasteiger partial charge in [-0.25, -0.2) is 4.98 Å². The number of carbonyl (C=O) groups excluding carboxylic acids is 1. The van der Waals surface area contributed by atoms with Crippen LogP contribution in [0.25, 0.3) is 5.65 Å². The number of aromatic nitrogens is 2. The van der Waals surface area contributed by atoms with Crippen LogP contribution in [0.3, 0.4) is 0 Å². The van der Waals surface area contributed by atoms with Crippen molar-refractivity contribution >= 4 is 33.2 Å². The number of pyridine rings is 1. The number of halogens is 1. The molecule has 1 amide bonds. The van der Waals surface area contributed by atoms with Crippen LogP contribution in [0.2, 0.25) is 0 Å². The zero-order valence-electron chi connectivity index (χ0n) is 15.2. The zero-order valence-corrected chi connectivity index (χ0v) is 16.8. The Bertz CT molecular complexity index is 1250. The Morgan fingerprint density at radius 3 is 2.66 bits per heavy atom. The van der Waals surface area contributed by atoms with Crippen molar-refractivity contribution in [2.45, 2.75) is 6.61 Å². The summed E-state index contributed by atoms with van der Waals surface area (Å²) < 4.78 is 8.03. The molecule has 0 aliphatic heterocycles. The predicted molar refractivity (Wildman–Crippen MR) is 114 cm³/mol. The van der Waals surface area contributed by atoms with E-state index in [0.717, 1.165) is 0 Å². The molecule has 0 aliphatic carbocycles. The molecule has 2 heterocycles. The van der Waals surface area contributed by atoms with E-state index < -0.39 is 0 Å². The van der Waals surface area contributed by atoms with Crippen molar-refractivity contribution in [3.05, 3.63) is 105 Å². The van der Waals surface area contributed by atoms with E-state index in [-0.39, 0.29) is 18.1 Å². The van der Waals surface area contributed by atoms with Gasteiger partial charge < -0.3 is 10.1 Å². The van der Waals surface area contributed by atoms with Crippen molar-refractivity contribution in [3.8, 4) is 5.75 Å². The average molecular weight is 450 g/mol. The Hall–Kier alpha value is -3.45. The lowest BCUT2D eigenvalue weighted by Gasteiger charge is -2.13. The first-order valence-corrected chi connectivity index (χ1v) is 9.66. The summed E-state index contributed by atoms with van der Waals surface area (Å²) in [7, 11) is 0. The highest BCUT2D eigenvalue weighted by molar-refractivity contribution is 9.10. The van der Waals surface area contributed by atoms with E-state index in [9.17, 15) is 9.59 Å². The molecule has 0 unspecified atom stereocenters. The fraction of sp³-hybridized carbons (Fsp3) is 0.0455. The van der Waals surface area contributed by atoms with Gasteiger partial charge in [0.05, 0.1) is 16.9 Å². The normalized spacial score (nSPS) is 10.7. The molecule has 2 aromatic carbocycles. The molecule has 4 rings (SSSR count). The molecule has 0 radical (unpaired) electrons. The first kappa shape index (κ1) is 18.9. The van der Waals surface area contributed by atoms with Crippen LogP contribution in [-0.2, 0) is 6.61 Å². The van der Waals surface area contributed by atoms with Crippen molar-refractivity contribution in [3.63, 3.8) is 0 Å². The van der Waals surface area contributed by atoms with Gasteiger partial charge in [-0.1, -0.05) is 30.3 Å². The van der Waals surface area contributed by atoms with E-state index in [2.05, 4.69) is 26.2 Å². The molecule has 4 aromatic rings. The van der Waals surface area contributed by atoms with Crippen LogP contribution < -0.4 is 15.6 Å². The minimum atomic E-state index is -0.254. The summed E-state index contributed by atoms with van der Waals surface area (Å²) in [4.78, 5) is 29.3. The molecule has 0 fully saturated rings. The van der Waals surface area contributed by atoms with Crippen molar-refractivity contribution in [2.75, 3.05) is 5.32 Å². The summed E-state index contributed by atoms with van der Waals surface area (Å²) in [6, 6.07) is 21.1. The number of carbonyl (C=O) groups is 1. The summed E-state index contributed by atoms with van der Waals surface area (Å²) in [5.41, 5.74) is 1.93. The van der Waals surface area contributed by atoms with E-state index in [4.69, 9.17) is 4.74 Å².